The van der Waals surface area contributed by atoms with Crippen LogP contribution in [0.3, 0.4) is 0 Å². The molecule has 0 fully saturated rings. The fourth-order valence-corrected chi connectivity index (χ4v) is 3.19. The summed E-state index contributed by atoms with van der Waals surface area (Å²) in [5.74, 6) is -0.864. The molecule has 0 atom stereocenters. The lowest BCUT2D eigenvalue weighted by Crippen LogP contribution is -2.15. The Morgan fingerprint density at radius 3 is 2.48 bits per heavy atom. The van der Waals surface area contributed by atoms with Gasteiger partial charge < -0.3 is 11.1 Å². The first-order valence-electron chi connectivity index (χ1n) is 7.17. The molecule has 5 nitrogen and oxygen atoms in total. The van der Waals surface area contributed by atoms with Crippen LogP contribution in [0.2, 0.25) is 0 Å². The van der Waals surface area contributed by atoms with E-state index in [1.807, 2.05) is 19.9 Å². The second-order valence-corrected chi connectivity index (χ2v) is 6.70. The number of primary amides is 1. The van der Waals surface area contributed by atoms with Gasteiger partial charge in [0.05, 0.1) is 0 Å². The molecule has 2 rings (SSSR count). The number of aryl methyl sites for hydroxylation is 2. The van der Waals surface area contributed by atoms with E-state index in [0.29, 0.717) is 16.8 Å². The predicted molar refractivity (Wildman–Crippen MR) is 90.9 cm³/mol. The first-order valence-corrected chi connectivity index (χ1v) is 7.98. The van der Waals surface area contributed by atoms with Crippen molar-refractivity contribution in [2.45, 2.75) is 26.7 Å². The van der Waals surface area contributed by atoms with Crippen molar-refractivity contribution in [3.8, 4) is 0 Å². The van der Waals surface area contributed by atoms with Gasteiger partial charge in [0.1, 0.15) is 0 Å². The van der Waals surface area contributed by atoms with Crippen molar-refractivity contribution in [3.05, 3.63) is 51.2 Å². The second-order valence-electron chi connectivity index (χ2n) is 5.24. The Hall–Kier alpha value is -2.47. The number of amides is 2. The van der Waals surface area contributed by atoms with Crippen LogP contribution in [0, 0.1) is 13.8 Å². The van der Waals surface area contributed by atoms with E-state index in [1.165, 1.54) is 6.07 Å². The summed E-state index contributed by atoms with van der Waals surface area (Å²) < 4.78 is 0. The van der Waals surface area contributed by atoms with E-state index in [9.17, 15) is 14.4 Å². The van der Waals surface area contributed by atoms with Crippen molar-refractivity contribution in [2.75, 3.05) is 5.32 Å². The Balaban J connectivity index is 1.92. The van der Waals surface area contributed by atoms with Gasteiger partial charge in [0, 0.05) is 39.4 Å². The number of thiophene rings is 1. The van der Waals surface area contributed by atoms with E-state index in [2.05, 4.69) is 5.32 Å². The zero-order valence-corrected chi connectivity index (χ0v) is 13.8. The van der Waals surface area contributed by atoms with E-state index < -0.39 is 5.91 Å². The number of nitrogens with one attached hydrogen (secondary N) is 1. The lowest BCUT2D eigenvalue weighted by molar-refractivity contribution is -0.116. The van der Waals surface area contributed by atoms with E-state index in [-0.39, 0.29) is 24.5 Å². The Morgan fingerprint density at radius 2 is 1.87 bits per heavy atom. The molecule has 0 aliphatic heterocycles. The molecule has 23 heavy (non-hydrogen) atoms. The minimum Gasteiger partial charge on any atom is -0.366 e. The third-order valence-corrected chi connectivity index (χ3v) is 4.32. The predicted octanol–water partition coefficient (Wildman–Crippen LogP) is 3.07. The molecule has 6 heteroatoms. The van der Waals surface area contributed by atoms with Crippen LogP contribution in [0.25, 0.3) is 0 Å². The standard InChI is InChI=1S/C17H18N2O3S/c1-10-8-14(11(2)23-10)15(20)6-7-16(21)19-13-5-3-4-12(9-13)17(18)22/h3-5,8-9H,6-7H2,1-2H3,(H2,18,22)(H,19,21). The van der Waals surface area contributed by atoms with Crippen LogP contribution in [-0.4, -0.2) is 17.6 Å². The first kappa shape index (κ1) is 16.9. The monoisotopic (exact) mass is 330 g/mol. The van der Waals surface area contributed by atoms with E-state index >= 15 is 0 Å². The van der Waals surface area contributed by atoms with Gasteiger partial charge >= 0.3 is 0 Å². The van der Waals surface area contributed by atoms with Crippen molar-refractivity contribution in [1.29, 1.82) is 0 Å². The number of hydrogen-bond donors (Lipinski definition) is 2. The summed E-state index contributed by atoms with van der Waals surface area (Å²) in [6.07, 6.45) is 0.242. The van der Waals surface area contributed by atoms with Crippen molar-refractivity contribution in [2.24, 2.45) is 5.73 Å². The lowest BCUT2D eigenvalue weighted by atomic mass is 10.1. The number of Topliss-reactive ketones (excluding diaryl/α,β-unsaturated/α-hetero) is 1. The fraction of sp³-hybridized carbons (Fsp3) is 0.235. The molecule has 2 amide bonds. The highest BCUT2D eigenvalue weighted by Gasteiger charge is 2.14. The SMILES string of the molecule is Cc1cc(C(=O)CCC(=O)Nc2cccc(C(N)=O)c2)c(C)s1. The van der Waals surface area contributed by atoms with Crippen molar-refractivity contribution < 1.29 is 14.4 Å². The van der Waals surface area contributed by atoms with Gasteiger partial charge in [-0.2, -0.15) is 0 Å². The number of anilines is 1. The molecule has 1 aromatic carbocycles. The molecule has 2 aromatic rings. The van der Waals surface area contributed by atoms with Crippen LogP contribution in [0.15, 0.2) is 30.3 Å². The highest BCUT2D eigenvalue weighted by atomic mass is 32.1. The van der Waals surface area contributed by atoms with Crippen LogP contribution >= 0.6 is 11.3 Å². The fourth-order valence-electron chi connectivity index (χ4n) is 2.24. The number of hydrogen-bond acceptors (Lipinski definition) is 4. The van der Waals surface area contributed by atoms with Crippen molar-refractivity contribution in [1.82, 2.24) is 0 Å². The molecule has 1 aromatic heterocycles. The van der Waals surface area contributed by atoms with Crippen molar-refractivity contribution in [3.63, 3.8) is 0 Å². The summed E-state index contributed by atoms with van der Waals surface area (Å²) in [6, 6.07) is 8.24. The maximum Gasteiger partial charge on any atom is 0.248 e. The third kappa shape index (κ3) is 4.50. The minimum absolute atomic E-state index is 0.0344. The zero-order valence-electron chi connectivity index (χ0n) is 13.0. The average molecular weight is 330 g/mol. The van der Waals surface area contributed by atoms with Gasteiger partial charge in [-0.15, -0.1) is 11.3 Å². The number of rotatable bonds is 6. The molecular formula is C17H18N2O3S. The molecule has 0 radical (unpaired) electrons. The van der Waals surface area contributed by atoms with Gasteiger partial charge in [-0.3, -0.25) is 14.4 Å². The Kier molecular flexibility index (Phi) is 5.28. The zero-order chi connectivity index (χ0) is 17.0. The summed E-state index contributed by atoms with van der Waals surface area (Å²) in [5.41, 5.74) is 6.70. The van der Waals surface area contributed by atoms with Crippen LogP contribution in [0.5, 0.6) is 0 Å². The molecule has 0 saturated carbocycles. The van der Waals surface area contributed by atoms with Gasteiger partial charge in [-0.25, -0.2) is 0 Å². The Bertz CT molecular complexity index is 765. The molecule has 1 heterocycles. The van der Waals surface area contributed by atoms with E-state index in [4.69, 9.17) is 5.73 Å². The van der Waals surface area contributed by atoms with Gasteiger partial charge in [0.25, 0.3) is 0 Å². The Labute approximate surface area is 138 Å². The smallest absolute Gasteiger partial charge is 0.248 e. The summed E-state index contributed by atoms with van der Waals surface area (Å²) in [6.45, 7) is 3.85. The number of nitrogens with two attached hydrogens (primary N) is 1. The molecule has 3 N–H and O–H groups in total. The topological polar surface area (TPSA) is 89.3 Å². The maximum atomic E-state index is 12.1. The molecule has 0 aliphatic carbocycles. The Morgan fingerprint density at radius 1 is 1.13 bits per heavy atom. The summed E-state index contributed by atoms with van der Waals surface area (Å²) >= 11 is 1.57. The molecule has 120 valence electrons. The van der Waals surface area contributed by atoms with Gasteiger partial charge in [-0.05, 0) is 38.1 Å². The first-order chi connectivity index (χ1) is 10.9. The van der Waals surface area contributed by atoms with Crippen LogP contribution in [0.1, 0.15) is 43.3 Å². The number of carbonyl (C=O) groups is 3. The quantitative estimate of drug-likeness (QED) is 0.798. The van der Waals surface area contributed by atoms with Gasteiger partial charge in [-0.1, -0.05) is 6.07 Å². The van der Waals surface area contributed by atoms with Gasteiger partial charge in [0.2, 0.25) is 11.8 Å². The number of benzene rings is 1. The van der Waals surface area contributed by atoms with Crippen molar-refractivity contribution >= 4 is 34.6 Å². The molecule has 0 saturated heterocycles. The largest absolute Gasteiger partial charge is 0.366 e. The number of ketones is 1. The third-order valence-electron chi connectivity index (χ3n) is 3.35. The number of carbonyl (C=O) groups excluding carboxylic acids is 3. The van der Waals surface area contributed by atoms with E-state index in [0.717, 1.165) is 9.75 Å². The van der Waals surface area contributed by atoms with Crippen LogP contribution < -0.4 is 11.1 Å². The van der Waals surface area contributed by atoms with Gasteiger partial charge in [0.15, 0.2) is 5.78 Å². The molecule has 0 unspecified atom stereocenters. The normalized spacial score (nSPS) is 10.3. The highest BCUT2D eigenvalue weighted by molar-refractivity contribution is 7.12. The second kappa shape index (κ2) is 7.19. The lowest BCUT2D eigenvalue weighted by Gasteiger charge is -2.06. The highest BCUT2D eigenvalue weighted by Crippen LogP contribution is 2.22. The summed E-state index contributed by atoms with van der Waals surface area (Å²) in [4.78, 5) is 37.3. The van der Waals surface area contributed by atoms with Crippen LogP contribution in [-0.2, 0) is 4.79 Å². The molecule has 0 spiro atoms. The van der Waals surface area contributed by atoms with Crippen LogP contribution in [0.4, 0.5) is 5.69 Å². The molecule has 0 aliphatic rings. The minimum atomic E-state index is -0.556. The summed E-state index contributed by atoms with van der Waals surface area (Å²) in [5, 5.41) is 2.67. The summed E-state index contributed by atoms with van der Waals surface area (Å²) in [7, 11) is 0. The van der Waals surface area contributed by atoms with E-state index in [1.54, 1.807) is 29.5 Å². The molecule has 0 bridgehead atoms. The molecular weight excluding hydrogens is 312 g/mol. The average Bonchev–Trinajstić information content (AvgIpc) is 2.84. The maximum absolute atomic E-state index is 12.1.